The minimum absolute atomic E-state index is 0.172. The Bertz CT molecular complexity index is 689. The Balaban J connectivity index is 2.50. The van der Waals surface area contributed by atoms with E-state index in [9.17, 15) is 8.42 Å². The van der Waals surface area contributed by atoms with Gasteiger partial charge in [0.15, 0.2) is 0 Å². The van der Waals surface area contributed by atoms with Crippen LogP contribution in [0.4, 0.5) is 11.4 Å². The second-order valence-electron chi connectivity index (χ2n) is 4.28. The summed E-state index contributed by atoms with van der Waals surface area (Å²) in [6.45, 7) is 4.67. The number of aromatic nitrogens is 2. The molecule has 0 spiro atoms. The van der Waals surface area contributed by atoms with Crippen LogP contribution in [-0.4, -0.2) is 31.5 Å². The molecular formula is C14H18N4O2S. The Morgan fingerprint density at radius 1 is 1.10 bits per heavy atom. The van der Waals surface area contributed by atoms with E-state index in [1.54, 1.807) is 43.7 Å². The fourth-order valence-electron chi connectivity index (χ4n) is 2.04. The van der Waals surface area contributed by atoms with Gasteiger partial charge in [-0.3, -0.25) is 14.3 Å². The molecule has 0 aliphatic rings. The van der Waals surface area contributed by atoms with E-state index in [0.717, 1.165) is 0 Å². The van der Waals surface area contributed by atoms with Gasteiger partial charge in [-0.15, -0.1) is 0 Å². The Labute approximate surface area is 124 Å². The number of nitrogens with zero attached hydrogens (tertiary/aromatic N) is 3. The summed E-state index contributed by atoms with van der Waals surface area (Å²) in [6, 6.07) is 5.01. The molecule has 0 aliphatic heterocycles. The number of pyridine rings is 2. The lowest BCUT2D eigenvalue weighted by Crippen LogP contribution is -2.31. The van der Waals surface area contributed by atoms with Crippen molar-refractivity contribution in [3.05, 3.63) is 43.0 Å². The zero-order valence-corrected chi connectivity index (χ0v) is 12.8. The highest BCUT2D eigenvalue weighted by Crippen LogP contribution is 2.27. The molecule has 0 amide bonds. The van der Waals surface area contributed by atoms with E-state index in [0.29, 0.717) is 24.5 Å². The van der Waals surface area contributed by atoms with Gasteiger partial charge in [0, 0.05) is 37.9 Å². The fraction of sp³-hybridized carbons (Fsp3) is 0.286. The van der Waals surface area contributed by atoms with Crippen LogP contribution in [0.15, 0.2) is 47.9 Å². The second kappa shape index (κ2) is 6.53. The van der Waals surface area contributed by atoms with Crippen molar-refractivity contribution in [1.29, 1.82) is 0 Å². The third kappa shape index (κ3) is 3.13. The molecule has 0 unspecified atom stereocenters. The zero-order chi connectivity index (χ0) is 15.3. The zero-order valence-electron chi connectivity index (χ0n) is 12.0. The third-order valence-electron chi connectivity index (χ3n) is 2.96. The fourth-order valence-corrected chi connectivity index (χ4v) is 3.63. The number of rotatable bonds is 6. The molecule has 0 aromatic carbocycles. The number of nitrogens with one attached hydrogen (secondary N) is 1. The topological polar surface area (TPSA) is 75.2 Å². The summed E-state index contributed by atoms with van der Waals surface area (Å²) >= 11 is 0. The predicted molar refractivity (Wildman–Crippen MR) is 82.8 cm³/mol. The normalized spacial score (nSPS) is 11.1. The van der Waals surface area contributed by atoms with Gasteiger partial charge in [-0.25, -0.2) is 8.42 Å². The molecule has 2 rings (SSSR count). The number of sulfonamides is 1. The van der Waals surface area contributed by atoms with E-state index < -0.39 is 10.0 Å². The van der Waals surface area contributed by atoms with E-state index in [1.165, 1.54) is 10.5 Å². The Kier molecular flexibility index (Phi) is 4.74. The maximum absolute atomic E-state index is 12.9. The average Bonchev–Trinajstić information content (AvgIpc) is 2.49. The van der Waals surface area contributed by atoms with Crippen molar-refractivity contribution >= 4 is 21.4 Å². The molecule has 0 aliphatic carbocycles. The highest BCUT2D eigenvalue weighted by atomic mass is 32.2. The molecule has 2 aromatic heterocycles. The molecular weight excluding hydrogens is 288 g/mol. The highest BCUT2D eigenvalue weighted by molar-refractivity contribution is 7.93. The summed E-state index contributed by atoms with van der Waals surface area (Å²) in [4.78, 5) is 8.04. The number of hydrogen-bond donors (Lipinski definition) is 1. The van der Waals surface area contributed by atoms with Gasteiger partial charge in [-0.1, -0.05) is 0 Å². The average molecular weight is 306 g/mol. The lowest BCUT2D eigenvalue weighted by Gasteiger charge is -2.23. The smallest absolute Gasteiger partial charge is 0.267 e. The Morgan fingerprint density at radius 2 is 1.76 bits per heavy atom. The van der Waals surface area contributed by atoms with Crippen molar-refractivity contribution in [1.82, 2.24) is 9.97 Å². The largest absolute Gasteiger partial charge is 0.384 e. The molecule has 2 heterocycles. The summed E-state index contributed by atoms with van der Waals surface area (Å²) in [5.41, 5.74) is 1.14. The minimum Gasteiger partial charge on any atom is -0.384 e. The Morgan fingerprint density at radius 3 is 2.38 bits per heavy atom. The van der Waals surface area contributed by atoms with E-state index in [4.69, 9.17) is 0 Å². The first-order chi connectivity index (χ1) is 10.1. The van der Waals surface area contributed by atoms with Gasteiger partial charge in [-0.05, 0) is 32.0 Å². The van der Waals surface area contributed by atoms with E-state index >= 15 is 0 Å². The van der Waals surface area contributed by atoms with Crippen LogP contribution >= 0.6 is 0 Å². The van der Waals surface area contributed by atoms with E-state index in [-0.39, 0.29) is 4.90 Å². The van der Waals surface area contributed by atoms with Crippen LogP contribution in [0.5, 0.6) is 0 Å². The van der Waals surface area contributed by atoms with Crippen molar-refractivity contribution in [2.45, 2.75) is 18.7 Å². The molecule has 112 valence electrons. The molecule has 6 nitrogen and oxygen atoms in total. The van der Waals surface area contributed by atoms with Gasteiger partial charge in [0.05, 0.1) is 11.4 Å². The van der Waals surface area contributed by atoms with Crippen LogP contribution in [0.2, 0.25) is 0 Å². The minimum atomic E-state index is -3.68. The molecule has 0 fully saturated rings. The van der Waals surface area contributed by atoms with Crippen molar-refractivity contribution in [2.75, 3.05) is 22.7 Å². The van der Waals surface area contributed by atoms with Gasteiger partial charge < -0.3 is 5.32 Å². The van der Waals surface area contributed by atoms with Crippen molar-refractivity contribution < 1.29 is 8.42 Å². The quantitative estimate of drug-likeness (QED) is 0.885. The van der Waals surface area contributed by atoms with Crippen LogP contribution in [0.3, 0.4) is 0 Å². The van der Waals surface area contributed by atoms with Crippen molar-refractivity contribution in [2.24, 2.45) is 0 Å². The summed E-state index contributed by atoms with van der Waals surface area (Å²) in [5.74, 6) is 0. The first kappa shape index (κ1) is 15.2. The van der Waals surface area contributed by atoms with Crippen LogP contribution in [0, 0.1) is 0 Å². The highest BCUT2D eigenvalue weighted by Gasteiger charge is 2.26. The molecule has 0 radical (unpaired) electrons. The van der Waals surface area contributed by atoms with Crippen molar-refractivity contribution in [3.8, 4) is 0 Å². The summed E-state index contributed by atoms with van der Waals surface area (Å²) < 4.78 is 27.1. The summed E-state index contributed by atoms with van der Waals surface area (Å²) in [5, 5.41) is 3.05. The van der Waals surface area contributed by atoms with E-state index in [2.05, 4.69) is 15.3 Å². The van der Waals surface area contributed by atoms with Crippen LogP contribution < -0.4 is 9.62 Å². The molecule has 2 aromatic rings. The lowest BCUT2D eigenvalue weighted by atomic mass is 10.4. The maximum Gasteiger partial charge on any atom is 0.267 e. The van der Waals surface area contributed by atoms with Crippen LogP contribution in [-0.2, 0) is 10.0 Å². The first-order valence-corrected chi connectivity index (χ1v) is 8.16. The summed E-state index contributed by atoms with van der Waals surface area (Å²) in [7, 11) is -3.68. The van der Waals surface area contributed by atoms with E-state index in [1.807, 2.05) is 6.92 Å². The van der Waals surface area contributed by atoms with Gasteiger partial charge in [0.25, 0.3) is 10.0 Å². The predicted octanol–water partition coefficient (Wildman–Crippen LogP) is 2.12. The second-order valence-corrected chi connectivity index (χ2v) is 6.11. The summed E-state index contributed by atoms with van der Waals surface area (Å²) in [6.07, 6.45) is 6.08. The van der Waals surface area contributed by atoms with Crippen molar-refractivity contribution in [3.63, 3.8) is 0 Å². The monoisotopic (exact) mass is 306 g/mol. The van der Waals surface area contributed by atoms with Gasteiger partial charge in [-0.2, -0.15) is 0 Å². The molecule has 21 heavy (non-hydrogen) atoms. The van der Waals surface area contributed by atoms with Gasteiger partial charge >= 0.3 is 0 Å². The Hall–Kier alpha value is -2.15. The van der Waals surface area contributed by atoms with Crippen LogP contribution in [0.1, 0.15) is 13.8 Å². The maximum atomic E-state index is 12.9. The number of anilines is 2. The third-order valence-corrected chi connectivity index (χ3v) is 4.89. The molecule has 0 saturated carbocycles. The molecule has 0 atom stereocenters. The molecule has 7 heteroatoms. The molecule has 0 saturated heterocycles. The lowest BCUT2D eigenvalue weighted by molar-refractivity contribution is 0.591. The van der Waals surface area contributed by atoms with Gasteiger partial charge in [0.2, 0.25) is 0 Å². The SMILES string of the molecule is CCNc1ccncc1S(=O)(=O)N(CC)c1ccncc1. The number of hydrogen-bond acceptors (Lipinski definition) is 5. The van der Waals surface area contributed by atoms with Crippen LogP contribution in [0.25, 0.3) is 0 Å². The molecule has 0 bridgehead atoms. The standard InChI is InChI=1S/C14H18N4O2S/c1-3-17-13-7-10-16-11-14(13)21(19,20)18(4-2)12-5-8-15-9-6-12/h5-11H,3-4H2,1-2H3,(H,16,17). The van der Waals surface area contributed by atoms with Gasteiger partial charge in [0.1, 0.15) is 4.90 Å². The molecule has 1 N–H and O–H groups in total. The first-order valence-electron chi connectivity index (χ1n) is 6.72.